The summed E-state index contributed by atoms with van der Waals surface area (Å²) < 4.78 is 82.1. The molecular weight excluding hydrogens is 1830 g/mol. The average Bonchev–Trinajstić information content (AvgIpc) is 1.20. The van der Waals surface area contributed by atoms with Crippen LogP contribution in [0.15, 0.2) is 96.3 Å². The number of fused-ring (bicyclic) bond motifs is 10. The predicted octanol–water partition coefficient (Wildman–Crippen LogP) is 9.46. The predicted molar refractivity (Wildman–Crippen MR) is 529 cm³/mol. The molecule has 0 spiro atoms. The Labute approximate surface area is 829 Å². The Morgan fingerprint density at radius 3 is 1.76 bits per heavy atom. The number of carbonyl (C=O) groups excluding carboxylic acids is 10. The number of phenols is 1. The van der Waals surface area contributed by atoms with E-state index in [2.05, 4.69) is 67.7 Å². The second-order valence-electron chi connectivity index (χ2n) is 39.8. The van der Waals surface area contributed by atoms with Gasteiger partial charge in [0.25, 0.3) is 10.1 Å². The van der Waals surface area contributed by atoms with Gasteiger partial charge in [0.2, 0.25) is 47.3 Å². The maximum atomic E-state index is 15.0. The number of hydrogen-bond acceptors (Lipinski definition) is 28. The Bertz CT molecular complexity index is 5140. The van der Waals surface area contributed by atoms with Crippen molar-refractivity contribution in [1.29, 1.82) is 0 Å². The Balaban J connectivity index is 0.569. The number of anilines is 2. The van der Waals surface area contributed by atoms with Crippen LogP contribution < -0.4 is 58.7 Å². The summed E-state index contributed by atoms with van der Waals surface area (Å²) >= 11 is 0. The maximum absolute atomic E-state index is 15.0. The van der Waals surface area contributed by atoms with Crippen LogP contribution in [-0.2, 0) is 131 Å². The fourth-order valence-corrected chi connectivity index (χ4v) is 22.2. The van der Waals surface area contributed by atoms with Crippen LogP contribution in [0.2, 0.25) is 0 Å². The van der Waals surface area contributed by atoms with Crippen molar-refractivity contribution in [3.63, 3.8) is 0 Å². The fourth-order valence-electron chi connectivity index (χ4n) is 21.8. The summed E-state index contributed by atoms with van der Waals surface area (Å²) in [4.78, 5) is 141. The summed E-state index contributed by atoms with van der Waals surface area (Å²) in [6.07, 6.45) is 13.2. The molecule has 141 heavy (non-hydrogen) atoms. The highest BCUT2D eigenvalue weighted by atomic mass is 32.2. The van der Waals surface area contributed by atoms with Crippen molar-refractivity contribution in [2.45, 2.75) is 245 Å². The molecule has 0 saturated heterocycles. The van der Waals surface area contributed by atoms with Crippen molar-refractivity contribution in [1.82, 2.24) is 58.5 Å². The molecule has 2 saturated carbocycles. The Morgan fingerprint density at radius 2 is 1.12 bits per heavy atom. The minimum absolute atomic E-state index is 0.0123. The number of nitrogens with one attached hydrogen (secondary N) is 10. The van der Waals surface area contributed by atoms with Gasteiger partial charge in [-0.2, -0.15) is 8.42 Å². The van der Waals surface area contributed by atoms with Crippen LogP contribution in [0.25, 0.3) is 11.4 Å². The van der Waals surface area contributed by atoms with Gasteiger partial charge in [-0.25, -0.2) is 0 Å². The molecule has 776 valence electrons. The fraction of sp³-hybridized carbons (Fsp3) is 0.635. The minimum atomic E-state index is -4.15. The van der Waals surface area contributed by atoms with Gasteiger partial charge in [0.15, 0.2) is 5.78 Å². The van der Waals surface area contributed by atoms with Gasteiger partial charge < -0.3 is 90.1 Å². The van der Waals surface area contributed by atoms with E-state index in [1.807, 2.05) is 110 Å². The van der Waals surface area contributed by atoms with Gasteiger partial charge in [0.05, 0.1) is 163 Å². The molecule has 8 aliphatic rings. The first kappa shape index (κ1) is 110. The van der Waals surface area contributed by atoms with Gasteiger partial charge in [-0.05, 0) is 183 Å². The largest absolute Gasteiger partial charge is 0.508 e. The van der Waals surface area contributed by atoms with Crippen LogP contribution in [0.1, 0.15) is 235 Å². The second-order valence-corrected chi connectivity index (χ2v) is 41.4. The second kappa shape index (κ2) is 53.1. The van der Waals surface area contributed by atoms with Crippen molar-refractivity contribution < 1.29 is 109 Å². The van der Waals surface area contributed by atoms with Gasteiger partial charge in [0, 0.05) is 88.0 Å². The van der Waals surface area contributed by atoms with Gasteiger partial charge in [-0.3, -0.25) is 67.8 Å². The molecule has 3 heterocycles. The van der Waals surface area contributed by atoms with Crippen LogP contribution >= 0.6 is 0 Å². The molecule has 0 radical (unpaired) electrons. The number of nitrogens with zero attached hydrogens (tertiary/aromatic N) is 3. The molecule has 4 aromatic rings. The van der Waals surface area contributed by atoms with E-state index in [0.29, 0.717) is 130 Å². The number of Topliss-reactive ketones (excluding diaryl/α,β-unsaturated/α-hetero) is 2. The van der Waals surface area contributed by atoms with E-state index in [9.17, 15) is 56.7 Å². The summed E-state index contributed by atoms with van der Waals surface area (Å²) in [5, 5.41) is 31.8. The van der Waals surface area contributed by atoms with Crippen LogP contribution in [0.5, 0.6) is 5.75 Å². The lowest BCUT2D eigenvalue weighted by molar-refractivity contribution is -0.150. The lowest BCUT2D eigenvalue weighted by atomic mass is 9.49. The van der Waals surface area contributed by atoms with Crippen LogP contribution in [0, 0.1) is 34.5 Å². The third-order valence-electron chi connectivity index (χ3n) is 29.4. The zero-order chi connectivity index (χ0) is 101. The maximum Gasteiger partial charge on any atom is 0.266 e. The normalized spacial score (nSPS) is 22.0. The van der Waals surface area contributed by atoms with Gasteiger partial charge in [0.1, 0.15) is 30.3 Å². The number of ketones is 2. The lowest BCUT2D eigenvalue weighted by Gasteiger charge is -2.56. The number of phenolic OH excluding ortho intramolecular Hbond substituents is 1. The number of benzene rings is 4. The van der Waals surface area contributed by atoms with Crippen molar-refractivity contribution in [3.05, 3.63) is 135 Å². The number of rotatable bonds is 56. The summed E-state index contributed by atoms with van der Waals surface area (Å²) in [5.41, 5.74) is 22.9. The Morgan fingerprint density at radius 1 is 0.539 bits per heavy atom. The molecule has 8 amide bonds. The SMILES string of the molecule is CC(C)[C@H](NC(=O)[C@@H](CCCCNC(=O)COC1CCCCCC2=C1NNN2CCOCCOCCOCCOCCC(=O)NCCS(=O)(=O)O)NC(=O)CCOCCOCCOCCOCCCC(=O)CCC(=O)N1Cc2ccccc2C2=C(NNN2C)c2ccccc21)C(=O)C[C@@H](C)C(=O)Nc1ccc2c(c1)[C@@]1(C)CCC[C@](C)(C(=O)NC(=O)[C@@]3(C)CCC[C@]4(C)c5cc(O)ccc5CC[C@@H]34)[C@@H]1CC2. The highest BCUT2D eigenvalue weighted by Gasteiger charge is 2.59. The van der Waals surface area contributed by atoms with E-state index < -0.39 is 79.7 Å². The molecule has 12 N–H and O–H groups in total. The van der Waals surface area contributed by atoms with Crippen LogP contribution in [-0.4, -0.2) is 250 Å². The number of unbranched alkanes of at least 4 members (excludes halogenated alkanes) is 1. The number of carbonyl (C=O) groups is 10. The van der Waals surface area contributed by atoms with Crippen molar-refractivity contribution in [2.75, 3.05) is 155 Å². The molecule has 4 aromatic carbocycles. The number of ether oxygens (including phenoxy) is 9. The molecule has 3 aliphatic heterocycles. The lowest BCUT2D eigenvalue weighted by Crippen LogP contribution is -2.60. The number of para-hydroxylation sites is 1. The molecule has 1 unspecified atom stereocenters. The summed E-state index contributed by atoms with van der Waals surface area (Å²) in [6, 6.07) is 25.2. The quantitative estimate of drug-likeness (QED) is 0.0111. The molecule has 2 fully saturated rings. The van der Waals surface area contributed by atoms with Crippen molar-refractivity contribution in [2.24, 2.45) is 34.5 Å². The van der Waals surface area contributed by atoms with E-state index in [4.69, 9.17) is 47.2 Å². The number of hydrazine groups is 4. The van der Waals surface area contributed by atoms with Crippen molar-refractivity contribution >= 4 is 91.7 Å². The number of aromatic hydroxyl groups is 1. The third-order valence-corrected chi connectivity index (χ3v) is 30.2. The molecular formula is C104H151N13O23S. The van der Waals surface area contributed by atoms with E-state index in [1.165, 1.54) is 5.56 Å². The van der Waals surface area contributed by atoms with Gasteiger partial charge >= 0.3 is 0 Å². The zero-order valence-corrected chi connectivity index (χ0v) is 84.4. The first-order valence-corrected chi connectivity index (χ1v) is 52.4. The number of allylic oxidation sites excluding steroid dienone is 1. The van der Waals surface area contributed by atoms with E-state index in [-0.39, 0.29) is 169 Å². The van der Waals surface area contributed by atoms with E-state index in [1.54, 1.807) is 31.7 Å². The molecule has 10 atom stereocenters. The summed E-state index contributed by atoms with van der Waals surface area (Å²) in [7, 11) is -2.21. The Hall–Kier alpha value is -9.87. The topological polar surface area (TPSA) is 458 Å². The molecule has 36 nitrogen and oxygen atoms in total. The number of imide groups is 1. The number of hydrogen-bond donors (Lipinski definition) is 12. The molecule has 5 aliphatic carbocycles. The monoisotopic (exact) mass is 1980 g/mol. The number of aryl methyl sites for hydroxylation is 2. The smallest absolute Gasteiger partial charge is 0.266 e. The zero-order valence-electron chi connectivity index (χ0n) is 83.6. The molecule has 37 heteroatoms. The summed E-state index contributed by atoms with van der Waals surface area (Å²) in [6.45, 7) is 18.9. The first-order chi connectivity index (χ1) is 67.8. The summed E-state index contributed by atoms with van der Waals surface area (Å²) in [5.74, 6) is -4.90. The highest BCUT2D eigenvalue weighted by molar-refractivity contribution is 7.85. The minimum Gasteiger partial charge on any atom is -0.508 e. The molecule has 0 aromatic heterocycles. The standard InChI is InChI=1S/C104H151N13O23S/c1-70(2)93(85(120)65-71(3)97(125)107-75-33-29-72-31-36-87-101(4,80(72)66-75)41-19-43-103(87,6)99(127)110-100(128)104(7)44-20-42-102(5)81-67-77(119)34-30-73(81)32-37-88(102)104)109-98(126)82(25-16-17-45-105-91(123)69-140-86-28-11-9-10-27-84-95(86)112-114-117(84)47-51-135-55-59-139-63-62-137-57-53-133-49-39-89(121)106-46-64-141(129,130)131)108-90(122)40-50-134-54-58-138-61-60-136-56-52-132-48-18-22-76(118)35-38-92(124)116-68-74-21-12-13-23-78(74)96-94(111-113-115(96)8)79-24-14-15-26-83(79)116/h12-15,21,23-24,26,29-30,33-34,66-67,70-71,82,86-88,93,111-114,119H,9-11,16-20,22,25,27-28,31-32,35-65,68-69H2,1-8H3,(H,105,123)(H,106,121)(H,107,125)(H,108,122)(H,109,126)(H,110,127,128)(H,129,130,131)/t71-,82-,86?,87-,88-,93+,101-,102-,103+,104+/m1/s1. The number of amides is 8. The van der Waals surface area contributed by atoms with Gasteiger partial charge in [-0.15, -0.1) is 11.1 Å². The first-order valence-electron chi connectivity index (χ1n) is 50.8. The average molecular weight is 1980 g/mol. The third kappa shape index (κ3) is 30.2. The van der Waals surface area contributed by atoms with E-state index in [0.717, 1.165) is 132 Å². The van der Waals surface area contributed by atoms with Crippen LogP contribution in [0.3, 0.4) is 0 Å². The highest BCUT2D eigenvalue weighted by Crippen LogP contribution is 2.60. The van der Waals surface area contributed by atoms with E-state index >= 15 is 4.79 Å². The Kier molecular flexibility index (Phi) is 41.4. The molecule has 12 rings (SSSR count). The van der Waals surface area contributed by atoms with Crippen molar-refractivity contribution in [3.8, 4) is 5.75 Å². The van der Waals surface area contributed by atoms with Crippen LogP contribution in [0.4, 0.5) is 11.4 Å². The molecule has 0 bridgehead atoms. The van der Waals surface area contributed by atoms with Gasteiger partial charge in [-0.1, -0.05) is 129 Å².